The topological polar surface area (TPSA) is 43.8 Å². The number of halogens is 1. The molecule has 0 atom stereocenters. The van der Waals surface area contributed by atoms with Crippen molar-refractivity contribution in [3.8, 4) is 11.3 Å². The summed E-state index contributed by atoms with van der Waals surface area (Å²) in [6, 6.07) is 7.63. The Hall–Kier alpha value is -1.48. The zero-order valence-electron chi connectivity index (χ0n) is 10.1. The van der Waals surface area contributed by atoms with Crippen molar-refractivity contribution in [2.24, 2.45) is 7.05 Å². The van der Waals surface area contributed by atoms with Crippen LogP contribution in [-0.4, -0.2) is 9.55 Å². The van der Waals surface area contributed by atoms with E-state index in [1.165, 1.54) is 0 Å². The Morgan fingerprint density at radius 2 is 2.06 bits per heavy atom. The van der Waals surface area contributed by atoms with Gasteiger partial charge < -0.3 is 10.3 Å². The molecule has 2 rings (SSSR count). The first-order valence-corrected chi connectivity index (χ1v) is 6.09. The number of benzene rings is 1. The summed E-state index contributed by atoms with van der Waals surface area (Å²) in [5.74, 6) is 1.67. The van der Waals surface area contributed by atoms with E-state index in [0.29, 0.717) is 10.8 Å². The SMILES string of the molecule is CCCc1nc(-c2ccccc2Cl)c(N)n1C. The van der Waals surface area contributed by atoms with E-state index in [0.717, 1.165) is 29.9 Å². The van der Waals surface area contributed by atoms with Crippen molar-refractivity contribution in [2.45, 2.75) is 19.8 Å². The molecule has 1 aromatic carbocycles. The van der Waals surface area contributed by atoms with Gasteiger partial charge in [0.05, 0.1) is 5.02 Å². The lowest BCUT2D eigenvalue weighted by molar-refractivity contribution is 0.764. The predicted molar refractivity (Wildman–Crippen MR) is 72.1 cm³/mol. The number of rotatable bonds is 3. The van der Waals surface area contributed by atoms with Crippen LogP contribution in [0.4, 0.5) is 5.82 Å². The first kappa shape index (κ1) is 12.0. The number of nitrogens with zero attached hydrogens (tertiary/aromatic N) is 2. The monoisotopic (exact) mass is 249 g/mol. The lowest BCUT2D eigenvalue weighted by Gasteiger charge is -2.02. The maximum absolute atomic E-state index is 6.16. The van der Waals surface area contributed by atoms with E-state index >= 15 is 0 Å². The lowest BCUT2D eigenvalue weighted by atomic mass is 10.1. The molecular formula is C13H16ClN3. The minimum Gasteiger partial charge on any atom is -0.383 e. The first-order chi connectivity index (χ1) is 8.15. The van der Waals surface area contributed by atoms with Crippen LogP contribution in [0, 0.1) is 0 Å². The van der Waals surface area contributed by atoms with Crippen molar-refractivity contribution in [1.29, 1.82) is 0 Å². The van der Waals surface area contributed by atoms with Crippen LogP contribution in [0.5, 0.6) is 0 Å². The highest BCUT2D eigenvalue weighted by Gasteiger charge is 2.14. The zero-order chi connectivity index (χ0) is 12.4. The van der Waals surface area contributed by atoms with Gasteiger partial charge in [-0.1, -0.05) is 36.7 Å². The van der Waals surface area contributed by atoms with Gasteiger partial charge in [-0.2, -0.15) is 0 Å². The Morgan fingerprint density at radius 1 is 1.35 bits per heavy atom. The van der Waals surface area contributed by atoms with Gasteiger partial charge in [-0.05, 0) is 12.5 Å². The van der Waals surface area contributed by atoms with Gasteiger partial charge in [0.2, 0.25) is 0 Å². The first-order valence-electron chi connectivity index (χ1n) is 5.71. The fraction of sp³-hybridized carbons (Fsp3) is 0.308. The summed E-state index contributed by atoms with van der Waals surface area (Å²) in [5.41, 5.74) is 7.75. The molecule has 4 heteroatoms. The van der Waals surface area contributed by atoms with E-state index in [-0.39, 0.29) is 0 Å². The van der Waals surface area contributed by atoms with Crippen LogP contribution < -0.4 is 5.73 Å². The molecule has 0 amide bonds. The van der Waals surface area contributed by atoms with Crippen LogP contribution in [0.25, 0.3) is 11.3 Å². The van der Waals surface area contributed by atoms with Crippen molar-refractivity contribution >= 4 is 17.4 Å². The van der Waals surface area contributed by atoms with Crippen LogP contribution in [0.3, 0.4) is 0 Å². The second-order valence-corrected chi connectivity index (χ2v) is 4.46. The highest BCUT2D eigenvalue weighted by atomic mass is 35.5. The average molecular weight is 250 g/mol. The molecule has 0 saturated heterocycles. The Kier molecular flexibility index (Phi) is 3.38. The number of nitrogens with two attached hydrogens (primary N) is 1. The number of nitrogen functional groups attached to an aromatic ring is 1. The van der Waals surface area contributed by atoms with E-state index in [2.05, 4.69) is 11.9 Å². The minimum absolute atomic E-state index is 0.668. The lowest BCUT2D eigenvalue weighted by Crippen LogP contribution is -2.01. The normalized spacial score (nSPS) is 10.8. The summed E-state index contributed by atoms with van der Waals surface area (Å²) < 4.78 is 1.93. The molecule has 0 bridgehead atoms. The molecule has 90 valence electrons. The quantitative estimate of drug-likeness (QED) is 0.907. The van der Waals surface area contributed by atoms with Crippen molar-refractivity contribution in [3.05, 3.63) is 35.1 Å². The predicted octanol–water partition coefficient (Wildman–Crippen LogP) is 3.28. The summed E-state index contributed by atoms with van der Waals surface area (Å²) >= 11 is 6.16. The third kappa shape index (κ3) is 2.15. The molecule has 0 saturated carbocycles. The fourth-order valence-electron chi connectivity index (χ4n) is 1.86. The van der Waals surface area contributed by atoms with Crippen LogP contribution in [0.2, 0.25) is 5.02 Å². The Labute approximate surface area is 106 Å². The van der Waals surface area contributed by atoms with Crippen molar-refractivity contribution in [2.75, 3.05) is 5.73 Å². The molecule has 1 aromatic heterocycles. The molecule has 2 N–H and O–H groups in total. The molecule has 0 aliphatic carbocycles. The van der Waals surface area contributed by atoms with Crippen LogP contribution >= 0.6 is 11.6 Å². The van der Waals surface area contributed by atoms with Crippen molar-refractivity contribution in [1.82, 2.24) is 9.55 Å². The van der Waals surface area contributed by atoms with Crippen LogP contribution in [0.15, 0.2) is 24.3 Å². The smallest absolute Gasteiger partial charge is 0.131 e. The molecule has 3 nitrogen and oxygen atoms in total. The van der Waals surface area contributed by atoms with Gasteiger partial charge >= 0.3 is 0 Å². The summed E-state index contributed by atoms with van der Waals surface area (Å²) in [4.78, 5) is 4.58. The maximum Gasteiger partial charge on any atom is 0.131 e. The van der Waals surface area contributed by atoms with Crippen LogP contribution in [-0.2, 0) is 13.5 Å². The summed E-state index contributed by atoms with van der Waals surface area (Å²) in [6.07, 6.45) is 1.97. The fourth-order valence-corrected chi connectivity index (χ4v) is 2.08. The largest absolute Gasteiger partial charge is 0.383 e. The molecule has 0 fully saturated rings. The van der Waals surface area contributed by atoms with Gasteiger partial charge in [-0.15, -0.1) is 0 Å². The summed E-state index contributed by atoms with van der Waals surface area (Å²) in [5, 5.41) is 0.681. The zero-order valence-corrected chi connectivity index (χ0v) is 10.8. The van der Waals surface area contributed by atoms with E-state index in [9.17, 15) is 0 Å². The molecule has 0 aliphatic rings. The second-order valence-electron chi connectivity index (χ2n) is 4.05. The standard InChI is InChI=1S/C13H16ClN3/c1-3-6-11-16-12(13(15)17(11)2)9-7-4-5-8-10(9)14/h4-5,7-8H,3,6,15H2,1-2H3. The van der Waals surface area contributed by atoms with E-state index in [4.69, 9.17) is 17.3 Å². The number of hydrogen-bond donors (Lipinski definition) is 1. The molecule has 0 aliphatic heterocycles. The molecule has 1 heterocycles. The Bertz CT molecular complexity index is 531. The molecule has 0 spiro atoms. The van der Waals surface area contributed by atoms with Gasteiger partial charge in [0.1, 0.15) is 17.3 Å². The average Bonchev–Trinajstić information content (AvgIpc) is 2.59. The minimum atomic E-state index is 0.668. The van der Waals surface area contributed by atoms with Gasteiger partial charge in [0.25, 0.3) is 0 Å². The molecule has 0 unspecified atom stereocenters. The molecule has 0 radical (unpaired) electrons. The third-order valence-electron chi connectivity index (χ3n) is 2.83. The number of aryl methyl sites for hydroxylation is 1. The van der Waals surface area contributed by atoms with Crippen LogP contribution in [0.1, 0.15) is 19.2 Å². The number of aromatic nitrogens is 2. The summed E-state index contributed by atoms with van der Waals surface area (Å²) in [6.45, 7) is 2.13. The van der Waals surface area contributed by atoms with Gasteiger partial charge in [-0.3, -0.25) is 0 Å². The summed E-state index contributed by atoms with van der Waals surface area (Å²) in [7, 11) is 1.94. The second kappa shape index (κ2) is 4.80. The number of imidazole rings is 1. The molecular weight excluding hydrogens is 234 g/mol. The highest BCUT2D eigenvalue weighted by Crippen LogP contribution is 2.31. The number of hydrogen-bond acceptors (Lipinski definition) is 2. The maximum atomic E-state index is 6.16. The third-order valence-corrected chi connectivity index (χ3v) is 3.16. The van der Waals surface area contributed by atoms with Gasteiger partial charge in [0.15, 0.2) is 0 Å². The highest BCUT2D eigenvalue weighted by molar-refractivity contribution is 6.33. The molecule has 2 aromatic rings. The van der Waals surface area contributed by atoms with E-state index in [1.807, 2.05) is 35.9 Å². The van der Waals surface area contributed by atoms with Crippen molar-refractivity contribution < 1.29 is 0 Å². The Balaban J connectivity index is 2.53. The van der Waals surface area contributed by atoms with E-state index < -0.39 is 0 Å². The number of anilines is 1. The molecule has 17 heavy (non-hydrogen) atoms. The van der Waals surface area contributed by atoms with Gasteiger partial charge in [-0.25, -0.2) is 4.98 Å². The van der Waals surface area contributed by atoms with Gasteiger partial charge in [0, 0.05) is 19.0 Å². The Morgan fingerprint density at radius 3 is 2.71 bits per heavy atom. The van der Waals surface area contributed by atoms with Crippen molar-refractivity contribution in [3.63, 3.8) is 0 Å². The van der Waals surface area contributed by atoms with E-state index in [1.54, 1.807) is 0 Å².